The van der Waals surface area contributed by atoms with Gasteiger partial charge in [0.15, 0.2) is 0 Å². The molecule has 0 saturated heterocycles. The minimum atomic E-state index is -0.205. The first-order valence-corrected chi connectivity index (χ1v) is 6.08. The van der Waals surface area contributed by atoms with E-state index in [1.807, 2.05) is 13.0 Å². The number of rotatable bonds is 4. The molecular formula is C13H18N4O. The van der Waals surface area contributed by atoms with E-state index in [2.05, 4.69) is 29.0 Å². The number of nitrogens with two attached hydrogens (primary N) is 1. The van der Waals surface area contributed by atoms with Gasteiger partial charge in [0.1, 0.15) is 0 Å². The van der Waals surface area contributed by atoms with Gasteiger partial charge in [-0.1, -0.05) is 19.0 Å². The lowest BCUT2D eigenvalue weighted by molar-refractivity contribution is 0.335. The molecule has 2 aromatic heterocycles. The third-order valence-corrected chi connectivity index (χ3v) is 2.76. The van der Waals surface area contributed by atoms with Gasteiger partial charge in [0.05, 0.1) is 6.04 Å². The van der Waals surface area contributed by atoms with Crippen molar-refractivity contribution in [2.24, 2.45) is 11.7 Å². The SMILES string of the molecule is Cc1ccncc1-c1noc([C@@H](N)CC(C)C)n1. The molecule has 2 heterocycles. The molecule has 5 nitrogen and oxygen atoms in total. The monoisotopic (exact) mass is 246 g/mol. The van der Waals surface area contributed by atoms with Crippen LogP contribution in [0.5, 0.6) is 0 Å². The van der Waals surface area contributed by atoms with Gasteiger partial charge < -0.3 is 10.3 Å². The lowest BCUT2D eigenvalue weighted by Crippen LogP contribution is -2.13. The van der Waals surface area contributed by atoms with Crippen molar-refractivity contribution in [3.05, 3.63) is 29.9 Å². The van der Waals surface area contributed by atoms with Crippen molar-refractivity contribution in [3.63, 3.8) is 0 Å². The van der Waals surface area contributed by atoms with E-state index in [0.717, 1.165) is 17.5 Å². The molecule has 0 amide bonds. The molecule has 0 radical (unpaired) electrons. The van der Waals surface area contributed by atoms with Gasteiger partial charge in [-0.15, -0.1) is 0 Å². The van der Waals surface area contributed by atoms with Crippen LogP contribution >= 0.6 is 0 Å². The van der Waals surface area contributed by atoms with Crippen LogP contribution in [0.1, 0.15) is 37.8 Å². The Labute approximate surface area is 106 Å². The second-order valence-corrected chi connectivity index (χ2v) is 4.88. The van der Waals surface area contributed by atoms with Gasteiger partial charge in [-0.3, -0.25) is 4.98 Å². The van der Waals surface area contributed by atoms with E-state index < -0.39 is 0 Å². The van der Waals surface area contributed by atoms with E-state index in [1.54, 1.807) is 12.4 Å². The molecule has 0 aromatic carbocycles. The van der Waals surface area contributed by atoms with Crippen LogP contribution in [0.2, 0.25) is 0 Å². The standard InChI is InChI=1S/C13H18N4O/c1-8(2)6-11(14)13-16-12(17-18-13)10-7-15-5-4-9(10)3/h4-5,7-8,11H,6,14H2,1-3H3/t11-/m0/s1. The molecule has 1 atom stereocenters. The van der Waals surface area contributed by atoms with Crippen LogP contribution in [-0.2, 0) is 0 Å². The fraction of sp³-hybridized carbons (Fsp3) is 0.462. The second-order valence-electron chi connectivity index (χ2n) is 4.88. The van der Waals surface area contributed by atoms with E-state index in [1.165, 1.54) is 0 Å². The van der Waals surface area contributed by atoms with Gasteiger partial charge in [0.25, 0.3) is 0 Å². The molecule has 2 N–H and O–H groups in total. The van der Waals surface area contributed by atoms with Gasteiger partial charge >= 0.3 is 0 Å². The molecule has 5 heteroatoms. The Hall–Kier alpha value is -1.75. The Bertz CT molecular complexity index is 521. The highest BCUT2D eigenvalue weighted by Gasteiger charge is 2.17. The fourth-order valence-corrected chi connectivity index (χ4v) is 1.80. The van der Waals surface area contributed by atoms with Crippen molar-refractivity contribution in [3.8, 4) is 11.4 Å². The van der Waals surface area contributed by atoms with Gasteiger partial charge in [0, 0.05) is 18.0 Å². The second kappa shape index (κ2) is 5.27. The van der Waals surface area contributed by atoms with Crippen LogP contribution in [0, 0.1) is 12.8 Å². The van der Waals surface area contributed by atoms with Crippen molar-refractivity contribution < 1.29 is 4.52 Å². The predicted molar refractivity (Wildman–Crippen MR) is 68.6 cm³/mol. The average molecular weight is 246 g/mol. The number of aryl methyl sites for hydroxylation is 1. The number of nitrogens with zero attached hydrogens (tertiary/aromatic N) is 3. The summed E-state index contributed by atoms with van der Waals surface area (Å²) < 4.78 is 5.22. The summed E-state index contributed by atoms with van der Waals surface area (Å²) >= 11 is 0. The van der Waals surface area contributed by atoms with Crippen LogP contribution in [0.4, 0.5) is 0 Å². The van der Waals surface area contributed by atoms with E-state index in [0.29, 0.717) is 17.6 Å². The molecule has 0 aliphatic rings. The molecule has 0 fully saturated rings. The molecule has 0 aliphatic carbocycles. The average Bonchev–Trinajstić information content (AvgIpc) is 2.78. The number of hydrogen-bond donors (Lipinski definition) is 1. The van der Waals surface area contributed by atoms with Crippen molar-refractivity contribution in [1.29, 1.82) is 0 Å². The zero-order chi connectivity index (χ0) is 13.1. The molecule has 0 aliphatic heterocycles. The zero-order valence-corrected chi connectivity index (χ0v) is 10.9. The Morgan fingerprint density at radius 2 is 2.17 bits per heavy atom. The van der Waals surface area contributed by atoms with Crippen molar-refractivity contribution in [1.82, 2.24) is 15.1 Å². The van der Waals surface area contributed by atoms with Gasteiger partial charge in [-0.05, 0) is 30.9 Å². The van der Waals surface area contributed by atoms with Crippen LogP contribution in [0.25, 0.3) is 11.4 Å². The third-order valence-electron chi connectivity index (χ3n) is 2.76. The molecule has 0 unspecified atom stereocenters. The van der Waals surface area contributed by atoms with E-state index in [-0.39, 0.29) is 6.04 Å². The van der Waals surface area contributed by atoms with Gasteiger partial charge in [-0.2, -0.15) is 4.98 Å². The highest BCUT2D eigenvalue weighted by Crippen LogP contribution is 2.22. The fourth-order valence-electron chi connectivity index (χ4n) is 1.80. The van der Waals surface area contributed by atoms with E-state index >= 15 is 0 Å². The van der Waals surface area contributed by atoms with Gasteiger partial charge in [-0.25, -0.2) is 0 Å². The molecular weight excluding hydrogens is 228 g/mol. The highest BCUT2D eigenvalue weighted by molar-refractivity contribution is 5.57. The summed E-state index contributed by atoms with van der Waals surface area (Å²) in [5.74, 6) is 1.53. The minimum absolute atomic E-state index is 0.205. The summed E-state index contributed by atoms with van der Waals surface area (Å²) in [6, 6.07) is 1.71. The first-order chi connectivity index (χ1) is 8.58. The Balaban J connectivity index is 2.23. The van der Waals surface area contributed by atoms with Gasteiger partial charge in [0.2, 0.25) is 11.7 Å². The third kappa shape index (κ3) is 2.73. The first-order valence-electron chi connectivity index (χ1n) is 6.08. The van der Waals surface area contributed by atoms with E-state index in [4.69, 9.17) is 10.3 Å². The van der Waals surface area contributed by atoms with Crippen molar-refractivity contribution in [2.45, 2.75) is 33.2 Å². The Morgan fingerprint density at radius 3 is 2.83 bits per heavy atom. The lowest BCUT2D eigenvalue weighted by Gasteiger charge is -2.08. The molecule has 0 spiro atoms. The Morgan fingerprint density at radius 1 is 1.39 bits per heavy atom. The number of pyridine rings is 1. The molecule has 2 rings (SSSR count). The number of hydrogen-bond acceptors (Lipinski definition) is 5. The summed E-state index contributed by atoms with van der Waals surface area (Å²) in [5.41, 5.74) is 7.96. The Kier molecular flexibility index (Phi) is 3.72. The molecule has 18 heavy (non-hydrogen) atoms. The smallest absolute Gasteiger partial charge is 0.243 e. The molecule has 2 aromatic rings. The number of aromatic nitrogens is 3. The summed E-state index contributed by atoms with van der Waals surface area (Å²) in [6.45, 7) is 6.21. The van der Waals surface area contributed by atoms with Crippen LogP contribution in [-0.4, -0.2) is 15.1 Å². The molecule has 0 saturated carbocycles. The lowest BCUT2D eigenvalue weighted by atomic mass is 10.0. The normalized spacial score (nSPS) is 12.9. The van der Waals surface area contributed by atoms with Crippen LogP contribution in [0.15, 0.2) is 23.0 Å². The predicted octanol–water partition coefficient (Wildman–Crippen LogP) is 2.49. The van der Waals surface area contributed by atoms with Crippen LogP contribution < -0.4 is 5.73 Å². The minimum Gasteiger partial charge on any atom is -0.337 e. The quantitative estimate of drug-likeness (QED) is 0.896. The summed E-state index contributed by atoms with van der Waals surface area (Å²) in [6.07, 6.45) is 4.30. The van der Waals surface area contributed by atoms with Crippen molar-refractivity contribution >= 4 is 0 Å². The maximum atomic E-state index is 6.01. The molecule has 96 valence electrons. The maximum absolute atomic E-state index is 6.01. The van der Waals surface area contributed by atoms with E-state index in [9.17, 15) is 0 Å². The summed E-state index contributed by atoms with van der Waals surface area (Å²) in [5, 5.41) is 3.97. The largest absolute Gasteiger partial charge is 0.337 e. The first kappa shape index (κ1) is 12.7. The van der Waals surface area contributed by atoms with Crippen molar-refractivity contribution in [2.75, 3.05) is 0 Å². The maximum Gasteiger partial charge on any atom is 0.243 e. The summed E-state index contributed by atoms with van der Waals surface area (Å²) in [7, 11) is 0. The zero-order valence-electron chi connectivity index (χ0n) is 10.9. The van der Waals surface area contributed by atoms with Crippen LogP contribution in [0.3, 0.4) is 0 Å². The molecule has 0 bridgehead atoms. The summed E-state index contributed by atoms with van der Waals surface area (Å²) in [4.78, 5) is 8.42. The highest BCUT2D eigenvalue weighted by atomic mass is 16.5. The topological polar surface area (TPSA) is 77.8 Å².